The molecule has 0 aliphatic carbocycles. The van der Waals surface area contributed by atoms with E-state index in [1.54, 1.807) is 42.6 Å². The summed E-state index contributed by atoms with van der Waals surface area (Å²) in [6.07, 6.45) is -0.432. The van der Waals surface area contributed by atoms with Crippen molar-refractivity contribution < 1.29 is 18.0 Å². The maximum atomic E-state index is 13.8. The molecule has 0 saturated carbocycles. The van der Waals surface area contributed by atoms with Gasteiger partial charge in [-0.1, -0.05) is 5.21 Å². The standard InChI is InChI=1S/C23H20F3N7O/c24-23(25,26)18-5-2-12-28-20(18)32(17-4-1-11-27-14-17)22(34)15-7-9-16(10-8-15)33-21-19(30-31-33)6-3-13-29-21/h2-3,5-10,12-13,17,27H,1,4,11,14H2/t17-/m1/s1. The molecule has 1 saturated heterocycles. The Balaban J connectivity index is 1.52. The van der Waals surface area contributed by atoms with Crippen molar-refractivity contribution >= 4 is 22.9 Å². The monoisotopic (exact) mass is 467 g/mol. The molecule has 3 aromatic heterocycles. The third kappa shape index (κ3) is 4.10. The van der Waals surface area contributed by atoms with Gasteiger partial charge in [-0.3, -0.25) is 9.69 Å². The number of benzene rings is 1. The number of carbonyl (C=O) groups excluding carboxylic acids is 1. The largest absolute Gasteiger partial charge is 0.419 e. The molecule has 1 amide bonds. The first-order valence-corrected chi connectivity index (χ1v) is 10.8. The molecule has 0 spiro atoms. The minimum atomic E-state index is -4.64. The fourth-order valence-corrected chi connectivity index (χ4v) is 4.12. The first-order valence-electron chi connectivity index (χ1n) is 10.8. The number of pyridine rings is 2. The summed E-state index contributed by atoms with van der Waals surface area (Å²) in [5, 5.41) is 11.3. The fourth-order valence-electron chi connectivity index (χ4n) is 4.12. The lowest BCUT2D eigenvalue weighted by atomic mass is 10.0. The van der Waals surface area contributed by atoms with Crippen LogP contribution in [-0.2, 0) is 6.18 Å². The lowest BCUT2D eigenvalue weighted by Gasteiger charge is -2.35. The van der Waals surface area contributed by atoms with Crippen LogP contribution in [0.4, 0.5) is 19.0 Å². The van der Waals surface area contributed by atoms with Crippen LogP contribution in [0.3, 0.4) is 0 Å². The molecule has 4 aromatic rings. The number of alkyl halides is 3. The number of nitrogens with one attached hydrogen (secondary N) is 1. The van der Waals surface area contributed by atoms with E-state index >= 15 is 0 Å². The average Bonchev–Trinajstić information content (AvgIpc) is 3.29. The minimum Gasteiger partial charge on any atom is -0.315 e. The highest BCUT2D eigenvalue weighted by Crippen LogP contribution is 2.37. The average molecular weight is 467 g/mol. The summed E-state index contributed by atoms with van der Waals surface area (Å²) >= 11 is 0. The number of amides is 1. The molecule has 1 fully saturated rings. The first-order chi connectivity index (χ1) is 16.4. The molecule has 0 bridgehead atoms. The zero-order valence-electron chi connectivity index (χ0n) is 17.9. The zero-order chi connectivity index (χ0) is 23.7. The van der Waals surface area contributed by atoms with Gasteiger partial charge in [-0.2, -0.15) is 17.9 Å². The number of nitrogens with zero attached hydrogens (tertiary/aromatic N) is 6. The molecule has 0 radical (unpaired) electrons. The van der Waals surface area contributed by atoms with Gasteiger partial charge in [-0.15, -0.1) is 5.10 Å². The lowest BCUT2D eigenvalue weighted by molar-refractivity contribution is -0.137. The molecule has 1 aliphatic heterocycles. The Morgan fingerprint density at radius 2 is 1.82 bits per heavy atom. The van der Waals surface area contributed by atoms with Crippen molar-refractivity contribution in [2.45, 2.75) is 25.1 Å². The second-order valence-corrected chi connectivity index (χ2v) is 7.94. The molecule has 1 N–H and O–H groups in total. The van der Waals surface area contributed by atoms with Crippen LogP contribution < -0.4 is 10.2 Å². The molecule has 8 nitrogen and oxygen atoms in total. The highest BCUT2D eigenvalue weighted by molar-refractivity contribution is 6.06. The Morgan fingerprint density at radius 3 is 2.56 bits per heavy atom. The highest BCUT2D eigenvalue weighted by Gasteiger charge is 2.39. The lowest BCUT2D eigenvalue weighted by Crippen LogP contribution is -2.50. The van der Waals surface area contributed by atoms with E-state index in [1.807, 2.05) is 0 Å². The number of hydrogen-bond acceptors (Lipinski definition) is 6. The van der Waals surface area contributed by atoms with Gasteiger partial charge >= 0.3 is 6.18 Å². The summed E-state index contributed by atoms with van der Waals surface area (Å²) in [6, 6.07) is 11.7. The van der Waals surface area contributed by atoms with E-state index in [-0.39, 0.29) is 11.4 Å². The number of hydrogen-bond donors (Lipinski definition) is 1. The Hall–Kier alpha value is -3.86. The second kappa shape index (κ2) is 8.82. The number of aromatic nitrogens is 5. The fraction of sp³-hybridized carbons (Fsp3) is 0.261. The van der Waals surface area contributed by atoms with E-state index in [0.29, 0.717) is 29.8 Å². The van der Waals surface area contributed by atoms with Crippen molar-refractivity contribution in [3.05, 3.63) is 72.1 Å². The Morgan fingerprint density at radius 1 is 1.06 bits per heavy atom. The maximum Gasteiger partial charge on any atom is 0.419 e. The Labute approximate surface area is 192 Å². The zero-order valence-corrected chi connectivity index (χ0v) is 17.9. The van der Waals surface area contributed by atoms with Gasteiger partial charge in [0.1, 0.15) is 11.3 Å². The normalized spacial score (nSPS) is 16.5. The van der Waals surface area contributed by atoms with Gasteiger partial charge in [0, 0.05) is 24.5 Å². The van der Waals surface area contributed by atoms with E-state index < -0.39 is 23.7 Å². The van der Waals surface area contributed by atoms with Crippen LogP contribution in [0.5, 0.6) is 0 Å². The predicted octanol–water partition coefficient (Wildman–Crippen LogP) is 3.63. The van der Waals surface area contributed by atoms with Crippen molar-refractivity contribution in [2.75, 3.05) is 18.0 Å². The van der Waals surface area contributed by atoms with Gasteiger partial charge < -0.3 is 5.32 Å². The molecule has 4 heterocycles. The third-order valence-electron chi connectivity index (χ3n) is 5.74. The van der Waals surface area contributed by atoms with Gasteiger partial charge in [-0.05, 0) is 67.9 Å². The molecule has 0 unspecified atom stereocenters. The van der Waals surface area contributed by atoms with Gasteiger partial charge in [0.2, 0.25) is 0 Å². The maximum absolute atomic E-state index is 13.8. The molecule has 174 valence electrons. The van der Waals surface area contributed by atoms with Crippen molar-refractivity contribution in [3.8, 4) is 5.69 Å². The smallest absolute Gasteiger partial charge is 0.315 e. The number of rotatable bonds is 4. The summed E-state index contributed by atoms with van der Waals surface area (Å²) in [4.78, 5) is 23.0. The first kappa shape index (κ1) is 22.0. The van der Waals surface area contributed by atoms with Crippen LogP contribution in [0.15, 0.2) is 60.9 Å². The van der Waals surface area contributed by atoms with Crippen LogP contribution in [0, 0.1) is 0 Å². The molecular weight excluding hydrogens is 447 g/mol. The summed E-state index contributed by atoms with van der Waals surface area (Å²) in [5.41, 5.74) is 1.10. The second-order valence-electron chi connectivity index (χ2n) is 7.94. The summed E-state index contributed by atoms with van der Waals surface area (Å²) in [5.74, 6) is -0.935. The molecule has 11 heteroatoms. The van der Waals surface area contributed by atoms with Gasteiger partial charge in [0.05, 0.1) is 17.3 Å². The molecule has 1 aliphatic rings. The number of carbonyl (C=O) groups is 1. The van der Waals surface area contributed by atoms with E-state index in [0.717, 1.165) is 19.0 Å². The summed E-state index contributed by atoms with van der Waals surface area (Å²) in [6.45, 7) is 1.13. The number of halogens is 3. The van der Waals surface area contributed by atoms with Crippen molar-refractivity contribution in [1.29, 1.82) is 0 Å². The topological polar surface area (TPSA) is 88.8 Å². The summed E-state index contributed by atoms with van der Waals surface area (Å²) < 4.78 is 42.8. The van der Waals surface area contributed by atoms with Gasteiger partial charge in [0.15, 0.2) is 5.65 Å². The van der Waals surface area contributed by atoms with Crippen LogP contribution in [0.25, 0.3) is 16.9 Å². The van der Waals surface area contributed by atoms with Crippen molar-refractivity contribution in [1.82, 2.24) is 30.3 Å². The van der Waals surface area contributed by atoms with Gasteiger partial charge in [-0.25, -0.2) is 9.97 Å². The van der Waals surface area contributed by atoms with Crippen LogP contribution in [-0.4, -0.2) is 50.0 Å². The Kier molecular flexibility index (Phi) is 5.70. The van der Waals surface area contributed by atoms with Crippen LogP contribution >= 0.6 is 0 Å². The molecule has 1 aromatic carbocycles. The van der Waals surface area contributed by atoms with E-state index in [9.17, 15) is 18.0 Å². The summed E-state index contributed by atoms with van der Waals surface area (Å²) in [7, 11) is 0. The van der Waals surface area contributed by atoms with Crippen LogP contribution in [0.1, 0.15) is 28.8 Å². The third-order valence-corrected chi connectivity index (χ3v) is 5.74. The van der Waals surface area contributed by atoms with E-state index in [2.05, 4.69) is 25.6 Å². The minimum absolute atomic E-state index is 0.241. The molecular formula is C23H20F3N7O. The predicted molar refractivity (Wildman–Crippen MR) is 119 cm³/mol. The molecule has 5 rings (SSSR count). The SMILES string of the molecule is O=C(c1ccc(-n2nnc3cccnc32)cc1)N(c1ncccc1C(F)(F)F)[C@@H]1CCCNC1. The Bertz CT molecular complexity index is 1310. The van der Waals surface area contributed by atoms with Crippen LogP contribution in [0.2, 0.25) is 0 Å². The van der Waals surface area contributed by atoms with Crippen molar-refractivity contribution in [3.63, 3.8) is 0 Å². The van der Waals surface area contributed by atoms with Gasteiger partial charge in [0.25, 0.3) is 5.91 Å². The van der Waals surface area contributed by atoms with E-state index in [1.165, 1.54) is 21.8 Å². The highest BCUT2D eigenvalue weighted by atomic mass is 19.4. The number of anilines is 1. The van der Waals surface area contributed by atoms with E-state index in [4.69, 9.17) is 0 Å². The molecule has 1 atom stereocenters. The number of piperidine rings is 1. The quantitative estimate of drug-likeness (QED) is 0.493. The van der Waals surface area contributed by atoms with Crippen molar-refractivity contribution in [2.24, 2.45) is 0 Å². The number of fused-ring (bicyclic) bond motifs is 1. The molecule has 34 heavy (non-hydrogen) atoms.